The Hall–Kier alpha value is -2.40. The van der Waals surface area contributed by atoms with Crippen molar-refractivity contribution in [1.29, 1.82) is 0 Å². The minimum atomic E-state index is -4.64. The van der Waals surface area contributed by atoms with Gasteiger partial charge in [-0.05, 0) is 50.5 Å². The summed E-state index contributed by atoms with van der Waals surface area (Å²) < 4.78 is 32.6. The molecule has 0 aliphatic rings. The van der Waals surface area contributed by atoms with E-state index in [1.165, 1.54) is 64.2 Å². The van der Waals surface area contributed by atoms with Crippen molar-refractivity contribution in [3.8, 4) is 0 Å². The molecule has 0 aromatic heterocycles. The van der Waals surface area contributed by atoms with E-state index < -0.39 is 51.8 Å². The minimum absolute atomic E-state index is 0.139. The van der Waals surface area contributed by atoms with Gasteiger partial charge in [-0.3, -0.25) is 23.4 Å². The molecule has 0 aliphatic heterocycles. The third kappa shape index (κ3) is 40.2. The fraction of sp³-hybridized carbons (Fsp3) is 0.756. The Balaban J connectivity index is 4.42. The number of hydrogen-bond acceptors (Lipinski definition) is 10. The van der Waals surface area contributed by atoms with E-state index in [0.29, 0.717) is 25.7 Å². The van der Waals surface area contributed by atoms with E-state index in [1.54, 1.807) is 12.2 Å². The van der Waals surface area contributed by atoms with Crippen LogP contribution in [-0.2, 0) is 37.5 Å². The molecule has 0 radical (unpaired) electrons. The van der Waals surface area contributed by atoms with Crippen molar-refractivity contribution in [3.63, 3.8) is 0 Å². The third-order valence-corrected chi connectivity index (χ3v) is 10.1. The SMILES string of the molecule is CCCCCC(=O)/C=C/C=C\C/C=C\C/C=C\CCCC(=O)OC[C@H](COP(=O)(O)OC[C@@H](O)CO)OC(=O)CCCCCCCCCCCCCCCC(C)C. The summed E-state index contributed by atoms with van der Waals surface area (Å²) in [6.07, 6.45) is 36.4. The normalized spacial score (nSPS) is 14.3. The van der Waals surface area contributed by atoms with Crippen LogP contribution in [0.1, 0.15) is 175 Å². The summed E-state index contributed by atoms with van der Waals surface area (Å²) in [6, 6.07) is 0. The molecule has 0 bridgehead atoms. The molecule has 0 saturated carbocycles. The van der Waals surface area contributed by atoms with Gasteiger partial charge in [0.05, 0.1) is 19.8 Å². The van der Waals surface area contributed by atoms with Gasteiger partial charge in [-0.25, -0.2) is 4.57 Å². The molecule has 0 heterocycles. The number of carbonyl (C=O) groups excluding carboxylic acids is 3. The predicted octanol–water partition coefficient (Wildman–Crippen LogP) is 10.8. The van der Waals surface area contributed by atoms with Crippen molar-refractivity contribution in [3.05, 3.63) is 48.6 Å². The topological polar surface area (TPSA) is 166 Å². The molecule has 11 nitrogen and oxygen atoms in total. The summed E-state index contributed by atoms with van der Waals surface area (Å²) in [4.78, 5) is 46.7. The molecule has 57 heavy (non-hydrogen) atoms. The average molecular weight is 827 g/mol. The Labute approximate surface area is 345 Å². The Morgan fingerprint density at radius 1 is 0.632 bits per heavy atom. The largest absolute Gasteiger partial charge is 0.472 e. The number of ether oxygens (including phenoxy) is 2. The van der Waals surface area contributed by atoms with Crippen molar-refractivity contribution in [2.24, 2.45) is 5.92 Å². The summed E-state index contributed by atoms with van der Waals surface area (Å²) in [7, 11) is -4.64. The molecule has 12 heteroatoms. The Morgan fingerprint density at radius 3 is 1.79 bits per heavy atom. The number of aliphatic hydroxyl groups excluding tert-OH is 2. The van der Waals surface area contributed by atoms with Gasteiger partial charge in [-0.15, -0.1) is 0 Å². The van der Waals surface area contributed by atoms with Gasteiger partial charge in [-0.1, -0.05) is 160 Å². The third-order valence-electron chi connectivity index (χ3n) is 9.14. The van der Waals surface area contributed by atoms with Crippen LogP contribution in [0.5, 0.6) is 0 Å². The molecular weight excluding hydrogens is 747 g/mol. The first-order valence-corrected chi connectivity index (χ1v) is 23.4. The molecule has 330 valence electrons. The van der Waals surface area contributed by atoms with Crippen LogP contribution >= 0.6 is 7.82 Å². The number of unbranched alkanes of at least 4 members (excludes halogenated alkanes) is 15. The number of phosphoric ester groups is 1. The lowest BCUT2D eigenvalue weighted by molar-refractivity contribution is -0.161. The molecule has 3 atom stereocenters. The Kier molecular flexibility index (Phi) is 37.4. The zero-order valence-corrected chi connectivity index (χ0v) is 36.6. The molecule has 0 aromatic rings. The van der Waals surface area contributed by atoms with E-state index in [1.807, 2.05) is 36.5 Å². The average Bonchev–Trinajstić information content (AvgIpc) is 3.18. The van der Waals surface area contributed by atoms with Crippen molar-refractivity contribution >= 4 is 25.5 Å². The molecule has 0 aromatic carbocycles. The van der Waals surface area contributed by atoms with Crippen LogP contribution in [-0.4, -0.2) is 71.5 Å². The molecular formula is C45H79O11P. The molecule has 0 spiro atoms. The zero-order valence-electron chi connectivity index (χ0n) is 35.7. The molecule has 1 unspecified atom stereocenters. The van der Waals surface area contributed by atoms with Gasteiger partial charge >= 0.3 is 19.8 Å². The van der Waals surface area contributed by atoms with Gasteiger partial charge in [0.1, 0.15) is 12.7 Å². The second-order valence-electron chi connectivity index (χ2n) is 15.2. The Morgan fingerprint density at radius 2 is 1.18 bits per heavy atom. The second kappa shape index (κ2) is 39.1. The zero-order chi connectivity index (χ0) is 42.2. The highest BCUT2D eigenvalue weighted by atomic mass is 31.2. The van der Waals surface area contributed by atoms with Gasteiger partial charge in [0.15, 0.2) is 11.9 Å². The van der Waals surface area contributed by atoms with Gasteiger partial charge in [0.2, 0.25) is 0 Å². The number of aliphatic hydroxyl groups is 2. The van der Waals surface area contributed by atoms with Crippen LogP contribution in [0.2, 0.25) is 0 Å². The molecule has 0 saturated heterocycles. The maximum atomic E-state index is 12.6. The van der Waals surface area contributed by atoms with Crippen molar-refractivity contribution in [2.45, 2.75) is 187 Å². The quantitative estimate of drug-likeness (QED) is 0.0134. The number of rotatable bonds is 40. The first-order chi connectivity index (χ1) is 27.5. The van der Waals surface area contributed by atoms with E-state index in [-0.39, 0.29) is 25.2 Å². The first-order valence-electron chi connectivity index (χ1n) is 21.9. The minimum Gasteiger partial charge on any atom is -0.462 e. The summed E-state index contributed by atoms with van der Waals surface area (Å²) in [5.74, 6) is -0.0573. The van der Waals surface area contributed by atoms with E-state index in [4.69, 9.17) is 19.1 Å². The van der Waals surface area contributed by atoms with Crippen molar-refractivity contribution < 1.29 is 52.6 Å². The van der Waals surface area contributed by atoms with Crippen LogP contribution in [0, 0.1) is 5.92 Å². The highest BCUT2D eigenvalue weighted by Gasteiger charge is 2.27. The number of esters is 2. The first kappa shape index (κ1) is 54.6. The predicted molar refractivity (Wildman–Crippen MR) is 229 cm³/mol. The molecule has 0 fully saturated rings. The Bertz CT molecular complexity index is 1160. The summed E-state index contributed by atoms with van der Waals surface area (Å²) in [5.41, 5.74) is 0. The lowest BCUT2D eigenvalue weighted by Gasteiger charge is -2.20. The van der Waals surface area contributed by atoms with E-state index in [0.717, 1.165) is 57.3 Å². The highest BCUT2D eigenvalue weighted by Crippen LogP contribution is 2.43. The van der Waals surface area contributed by atoms with Crippen LogP contribution in [0.15, 0.2) is 48.6 Å². The standard InChI is InChI=1S/C45H79O11P/c1-4-5-26-32-41(47)33-28-23-19-15-11-9-13-16-20-24-29-34-44(49)53-38-43(39-55-57(51,52)54-37-42(48)36-46)56-45(50)35-30-25-21-17-12-8-6-7-10-14-18-22-27-31-40(2)3/h9,11,16,19-20,23,28,33,40,42-43,46,48H,4-8,10,12-15,17-18,21-22,24-27,29-32,34-39H2,1-3H3,(H,51,52)/b11-9-,20-16-,23-19-,33-28+/t42-,43+/m0/s1. The van der Waals surface area contributed by atoms with E-state index >= 15 is 0 Å². The highest BCUT2D eigenvalue weighted by molar-refractivity contribution is 7.47. The second-order valence-corrected chi connectivity index (χ2v) is 16.7. The monoisotopic (exact) mass is 827 g/mol. The van der Waals surface area contributed by atoms with Crippen molar-refractivity contribution in [1.82, 2.24) is 0 Å². The van der Waals surface area contributed by atoms with Crippen LogP contribution in [0.4, 0.5) is 0 Å². The van der Waals surface area contributed by atoms with Crippen LogP contribution in [0.25, 0.3) is 0 Å². The lowest BCUT2D eigenvalue weighted by Crippen LogP contribution is -2.29. The maximum Gasteiger partial charge on any atom is 0.472 e. The fourth-order valence-electron chi connectivity index (χ4n) is 5.71. The van der Waals surface area contributed by atoms with Gasteiger partial charge in [-0.2, -0.15) is 0 Å². The number of phosphoric acid groups is 1. The molecule has 3 N–H and O–H groups in total. The number of hydrogen-bond donors (Lipinski definition) is 3. The summed E-state index contributed by atoms with van der Waals surface area (Å²) >= 11 is 0. The van der Waals surface area contributed by atoms with E-state index in [2.05, 4.69) is 25.3 Å². The van der Waals surface area contributed by atoms with Gasteiger partial charge in [0.25, 0.3) is 0 Å². The van der Waals surface area contributed by atoms with Crippen molar-refractivity contribution in [2.75, 3.05) is 26.4 Å². The smallest absolute Gasteiger partial charge is 0.462 e. The molecule has 0 amide bonds. The van der Waals surface area contributed by atoms with Crippen LogP contribution in [0.3, 0.4) is 0 Å². The maximum absolute atomic E-state index is 12.6. The number of allylic oxidation sites excluding steroid dienone is 8. The number of carbonyl (C=O) groups is 3. The molecule has 0 rings (SSSR count). The summed E-state index contributed by atoms with van der Waals surface area (Å²) in [5, 5.41) is 18.3. The number of ketones is 1. The van der Waals surface area contributed by atoms with Gasteiger partial charge in [0, 0.05) is 19.3 Å². The van der Waals surface area contributed by atoms with E-state index in [9.17, 15) is 28.9 Å². The van der Waals surface area contributed by atoms with Gasteiger partial charge < -0.3 is 24.6 Å². The van der Waals surface area contributed by atoms with Crippen LogP contribution < -0.4 is 0 Å². The summed E-state index contributed by atoms with van der Waals surface area (Å²) in [6.45, 7) is 4.46. The molecule has 0 aliphatic carbocycles. The lowest BCUT2D eigenvalue weighted by atomic mass is 10.0. The fourth-order valence-corrected chi connectivity index (χ4v) is 6.50.